The number of phenolic OH excluding ortho intramolecular Hbond substituents is 1. The van der Waals surface area contributed by atoms with Crippen LogP contribution in [0.15, 0.2) is 54.6 Å². The van der Waals surface area contributed by atoms with Crippen LogP contribution in [0.3, 0.4) is 0 Å². The van der Waals surface area contributed by atoms with Gasteiger partial charge in [0.25, 0.3) is 5.91 Å². The molecule has 35 heavy (non-hydrogen) atoms. The van der Waals surface area contributed by atoms with Gasteiger partial charge in [-0.3, -0.25) is 4.79 Å². The molecule has 1 saturated heterocycles. The monoisotopic (exact) mass is 475 g/mol. The van der Waals surface area contributed by atoms with Gasteiger partial charge < -0.3 is 15.3 Å². The first kappa shape index (κ1) is 24.4. The number of hydrogen-bond donors (Lipinski definition) is 2. The van der Waals surface area contributed by atoms with E-state index in [1.54, 1.807) is 13.0 Å². The number of amides is 1. The number of hydrogen-bond acceptors (Lipinski definition) is 4. The summed E-state index contributed by atoms with van der Waals surface area (Å²) in [5.74, 6) is 5.09. The molecule has 0 radical (unpaired) electrons. The molecule has 3 aromatic rings. The number of piperidine rings is 1. The Morgan fingerprint density at radius 2 is 1.77 bits per heavy atom. The molecule has 180 valence electrons. The van der Waals surface area contributed by atoms with Gasteiger partial charge in [-0.15, -0.1) is 0 Å². The van der Waals surface area contributed by atoms with Gasteiger partial charge in [0.1, 0.15) is 23.1 Å². The fourth-order valence-corrected chi connectivity index (χ4v) is 4.15. The van der Waals surface area contributed by atoms with Crippen LogP contribution >= 0.6 is 0 Å². The predicted octanol–water partition coefficient (Wildman–Crippen LogP) is 4.59. The fraction of sp³-hybridized carbons (Fsp3) is 0.286. The van der Waals surface area contributed by atoms with Gasteiger partial charge >= 0.3 is 0 Å². The number of carbonyl (C=O) groups is 1. The van der Waals surface area contributed by atoms with E-state index in [9.17, 15) is 18.7 Å². The zero-order chi connectivity index (χ0) is 24.9. The van der Waals surface area contributed by atoms with Crippen molar-refractivity contribution in [3.05, 3.63) is 94.3 Å². The van der Waals surface area contributed by atoms with Crippen molar-refractivity contribution in [2.24, 2.45) is 5.92 Å². The summed E-state index contributed by atoms with van der Waals surface area (Å²) in [6, 6.07) is 11.5. The molecule has 2 aromatic carbocycles. The number of aromatic hydroxyl groups is 1. The number of nitrogens with one attached hydrogen (secondary N) is 1. The normalized spacial score (nSPS) is 15.2. The first-order valence-electron chi connectivity index (χ1n) is 11.5. The minimum absolute atomic E-state index is 0.153. The Morgan fingerprint density at radius 1 is 1.09 bits per heavy atom. The van der Waals surface area contributed by atoms with Gasteiger partial charge in [-0.05, 0) is 87.9 Å². The molecule has 1 aliphatic rings. The number of nitrogens with zero attached hydrogens (tertiary/aromatic N) is 2. The first-order valence-corrected chi connectivity index (χ1v) is 11.5. The van der Waals surface area contributed by atoms with E-state index in [0.29, 0.717) is 22.7 Å². The van der Waals surface area contributed by atoms with Crippen molar-refractivity contribution in [3.63, 3.8) is 0 Å². The summed E-state index contributed by atoms with van der Waals surface area (Å²) in [6.45, 7) is 3.81. The van der Waals surface area contributed by atoms with Crippen molar-refractivity contribution in [1.82, 2.24) is 15.2 Å². The molecule has 0 spiro atoms. The number of rotatable bonds is 4. The molecule has 1 atom stereocenters. The molecular weight excluding hydrogens is 448 g/mol. The lowest BCUT2D eigenvalue weighted by Crippen LogP contribution is -2.30. The highest BCUT2D eigenvalue weighted by molar-refractivity contribution is 5.93. The van der Waals surface area contributed by atoms with E-state index in [1.165, 1.54) is 30.3 Å². The fourth-order valence-electron chi connectivity index (χ4n) is 4.15. The van der Waals surface area contributed by atoms with E-state index in [2.05, 4.69) is 34.1 Å². The summed E-state index contributed by atoms with van der Waals surface area (Å²) in [6.07, 6.45) is 2.02. The number of phenols is 1. The second kappa shape index (κ2) is 10.7. The lowest BCUT2D eigenvalue weighted by atomic mass is 9.97. The molecule has 5 nitrogen and oxygen atoms in total. The minimum atomic E-state index is -0.921. The van der Waals surface area contributed by atoms with E-state index in [4.69, 9.17) is 0 Å². The van der Waals surface area contributed by atoms with Crippen molar-refractivity contribution in [2.75, 3.05) is 20.1 Å². The van der Waals surface area contributed by atoms with Crippen LogP contribution in [-0.2, 0) is 0 Å². The van der Waals surface area contributed by atoms with E-state index < -0.39 is 23.6 Å². The molecule has 0 bridgehead atoms. The Bertz CT molecular complexity index is 1270. The maximum absolute atomic E-state index is 14.0. The molecule has 2 heterocycles. The second-order valence-electron chi connectivity index (χ2n) is 8.89. The van der Waals surface area contributed by atoms with Gasteiger partial charge in [0.2, 0.25) is 0 Å². The van der Waals surface area contributed by atoms with Crippen molar-refractivity contribution >= 4 is 5.91 Å². The molecular formula is C28H27F2N3O2. The van der Waals surface area contributed by atoms with E-state index in [-0.39, 0.29) is 17.0 Å². The lowest BCUT2D eigenvalue weighted by Gasteiger charge is -2.25. The maximum Gasteiger partial charge on any atom is 0.270 e. The Kier molecular flexibility index (Phi) is 7.42. The number of benzene rings is 2. The number of pyridine rings is 1. The largest absolute Gasteiger partial charge is 0.508 e. The number of aromatic nitrogens is 1. The summed E-state index contributed by atoms with van der Waals surface area (Å²) < 4.78 is 27.5. The van der Waals surface area contributed by atoms with Gasteiger partial charge in [0, 0.05) is 22.7 Å². The van der Waals surface area contributed by atoms with E-state index >= 15 is 0 Å². The van der Waals surface area contributed by atoms with E-state index in [1.807, 2.05) is 6.07 Å². The maximum atomic E-state index is 14.0. The van der Waals surface area contributed by atoms with Gasteiger partial charge in [-0.1, -0.05) is 24.0 Å². The summed E-state index contributed by atoms with van der Waals surface area (Å²) in [5.41, 5.74) is 2.11. The third-order valence-electron chi connectivity index (χ3n) is 6.10. The van der Waals surface area contributed by atoms with Gasteiger partial charge in [-0.25, -0.2) is 13.8 Å². The topological polar surface area (TPSA) is 65.5 Å². The summed E-state index contributed by atoms with van der Waals surface area (Å²) in [7, 11) is 2.10. The number of likely N-dealkylation sites (tertiary alicyclic amines) is 1. The minimum Gasteiger partial charge on any atom is -0.508 e. The van der Waals surface area contributed by atoms with Crippen LogP contribution in [0.5, 0.6) is 5.75 Å². The highest BCUT2D eigenvalue weighted by Gasteiger charge is 2.23. The Balaban J connectivity index is 1.62. The molecule has 1 fully saturated rings. The highest BCUT2D eigenvalue weighted by atomic mass is 19.1. The van der Waals surface area contributed by atoms with Crippen molar-refractivity contribution < 1.29 is 18.7 Å². The summed E-state index contributed by atoms with van der Waals surface area (Å²) >= 11 is 0. The van der Waals surface area contributed by atoms with Crippen LogP contribution < -0.4 is 5.32 Å². The standard InChI is InChI=1S/C28H27F2N3O2/c1-18-15-20(4-3-19-11-13-33(2)14-12-19)16-25(31-18)28(35)32-27(21-5-7-22(29)8-6-21)24-17-23(30)9-10-26(24)34/h5-10,15-17,19,27,34H,11-14H2,1-2H3,(H,32,35). The zero-order valence-corrected chi connectivity index (χ0v) is 19.7. The zero-order valence-electron chi connectivity index (χ0n) is 19.7. The third kappa shape index (κ3) is 6.23. The van der Waals surface area contributed by atoms with Crippen LogP contribution in [0.2, 0.25) is 0 Å². The smallest absolute Gasteiger partial charge is 0.270 e. The predicted molar refractivity (Wildman–Crippen MR) is 130 cm³/mol. The number of halogens is 2. The first-order chi connectivity index (χ1) is 16.8. The Labute approximate surface area is 203 Å². The lowest BCUT2D eigenvalue weighted by molar-refractivity contribution is 0.0937. The van der Waals surface area contributed by atoms with Crippen LogP contribution in [0.25, 0.3) is 0 Å². The Morgan fingerprint density at radius 3 is 2.49 bits per heavy atom. The van der Waals surface area contributed by atoms with Crippen LogP contribution in [0.4, 0.5) is 8.78 Å². The second-order valence-corrected chi connectivity index (χ2v) is 8.89. The number of aryl methyl sites for hydroxylation is 1. The summed E-state index contributed by atoms with van der Waals surface area (Å²) in [5, 5.41) is 13.2. The van der Waals surface area contributed by atoms with Crippen molar-refractivity contribution in [3.8, 4) is 17.6 Å². The van der Waals surface area contributed by atoms with Gasteiger partial charge in [0.05, 0.1) is 6.04 Å². The van der Waals surface area contributed by atoms with Crippen molar-refractivity contribution in [1.29, 1.82) is 0 Å². The van der Waals surface area contributed by atoms with Gasteiger partial charge in [-0.2, -0.15) is 0 Å². The molecule has 1 amide bonds. The van der Waals surface area contributed by atoms with Crippen molar-refractivity contribution in [2.45, 2.75) is 25.8 Å². The molecule has 1 unspecified atom stereocenters. The molecule has 2 N–H and O–H groups in total. The average molecular weight is 476 g/mol. The SMILES string of the molecule is Cc1cc(C#CC2CCN(C)CC2)cc(C(=O)NC(c2ccc(F)cc2)c2cc(F)ccc2O)n1. The Hall–Kier alpha value is -3.76. The van der Waals surface area contributed by atoms with Gasteiger partial charge in [0.15, 0.2) is 0 Å². The molecule has 1 aromatic heterocycles. The number of carbonyl (C=O) groups excluding carboxylic acids is 1. The third-order valence-corrected chi connectivity index (χ3v) is 6.10. The molecule has 7 heteroatoms. The van der Waals surface area contributed by atoms with Crippen LogP contribution in [0.1, 0.15) is 51.8 Å². The van der Waals surface area contributed by atoms with Crippen LogP contribution in [-0.4, -0.2) is 41.0 Å². The molecule has 0 saturated carbocycles. The van der Waals surface area contributed by atoms with Crippen LogP contribution in [0, 0.1) is 36.3 Å². The molecule has 0 aliphatic carbocycles. The average Bonchev–Trinajstić information content (AvgIpc) is 2.84. The summed E-state index contributed by atoms with van der Waals surface area (Å²) in [4.78, 5) is 19.9. The molecule has 4 rings (SSSR count). The highest BCUT2D eigenvalue weighted by Crippen LogP contribution is 2.30. The quantitative estimate of drug-likeness (QED) is 0.542. The molecule has 1 aliphatic heterocycles. The van der Waals surface area contributed by atoms with E-state index in [0.717, 1.165) is 38.1 Å².